The van der Waals surface area contributed by atoms with Crippen molar-refractivity contribution in [2.24, 2.45) is 0 Å². The fourth-order valence-corrected chi connectivity index (χ4v) is 3.62. The quantitative estimate of drug-likeness (QED) is 0.260. The minimum absolute atomic E-state index is 0.0196. The Balaban J connectivity index is 1.61. The number of amides is 2. The van der Waals surface area contributed by atoms with Crippen molar-refractivity contribution >= 4 is 35.0 Å². The standard InChI is InChI=1S/C22H19F4N5O2S/c1-2-10-31-18(12-19(32)27-16-8-6-15(23)7-9-16)29-30-21(31)34-13-20(33)28-17-5-3-4-14(11-17)22(24,25)26/h2-9,11H,1,10,12-13H2,(H,27,32)(H,28,33). The number of hydrogen-bond acceptors (Lipinski definition) is 5. The van der Waals surface area contributed by atoms with Crippen LogP contribution in [0.1, 0.15) is 11.4 Å². The maximum atomic E-state index is 13.0. The largest absolute Gasteiger partial charge is 0.416 e. The summed E-state index contributed by atoms with van der Waals surface area (Å²) in [6, 6.07) is 9.60. The fraction of sp³-hybridized carbons (Fsp3) is 0.182. The number of halogens is 4. The molecule has 2 amide bonds. The van der Waals surface area contributed by atoms with Crippen molar-refractivity contribution in [2.75, 3.05) is 16.4 Å². The Morgan fingerprint density at radius 3 is 2.41 bits per heavy atom. The average molecular weight is 493 g/mol. The van der Waals surface area contributed by atoms with Crippen molar-refractivity contribution in [1.82, 2.24) is 14.8 Å². The van der Waals surface area contributed by atoms with Gasteiger partial charge in [-0.05, 0) is 42.5 Å². The highest BCUT2D eigenvalue weighted by Crippen LogP contribution is 2.30. The second-order valence-electron chi connectivity index (χ2n) is 6.95. The third-order valence-electron chi connectivity index (χ3n) is 4.36. The van der Waals surface area contributed by atoms with E-state index in [0.717, 1.165) is 23.9 Å². The third kappa shape index (κ3) is 6.91. The fourth-order valence-electron chi connectivity index (χ4n) is 2.85. The summed E-state index contributed by atoms with van der Waals surface area (Å²) in [4.78, 5) is 24.6. The van der Waals surface area contributed by atoms with E-state index in [-0.39, 0.29) is 24.4 Å². The number of nitrogens with zero attached hydrogens (tertiary/aromatic N) is 3. The molecule has 0 spiro atoms. The monoisotopic (exact) mass is 493 g/mol. The first kappa shape index (κ1) is 25.0. The van der Waals surface area contributed by atoms with Crippen LogP contribution >= 0.6 is 11.8 Å². The zero-order valence-corrected chi connectivity index (χ0v) is 18.4. The lowest BCUT2D eigenvalue weighted by molar-refractivity contribution is -0.137. The number of allylic oxidation sites excluding steroid dienone is 1. The number of benzene rings is 2. The molecule has 12 heteroatoms. The molecular formula is C22H19F4N5O2S. The van der Waals surface area contributed by atoms with E-state index in [2.05, 4.69) is 27.4 Å². The number of nitrogens with one attached hydrogen (secondary N) is 2. The number of carbonyl (C=O) groups excluding carboxylic acids is 2. The number of rotatable bonds is 9. The van der Waals surface area contributed by atoms with Crippen molar-refractivity contribution in [2.45, 2.75) is 24.3 Å². The van der Waals surface area contributed by atoms with Crippen LogP contribution in [-0.2, 0) is 28.7 Å². The van der Waals surface area contributed by atoms with Gasteiger partial charge in [-0.3, -0.25) is 9.59 Å². The van der Waals surface area contributed by atoms with Crippen LogP contribution in [0.15, 0.2) is 66.3 Å². The van der Waals surface area contributed by atoms with Crippen LogP contribution in [-0.4, -0.2) is 32.3 Å². The first-order valence-corrected chi connectivity index (χ1v) is 10.8. The lowest BCUT2D eigenvalue weighted by Gasteiger charge is -2.10. The highest BCUT2D eigenvalue weighted by Gasteiger charge is 2.30. The lowest BCUT2D eigenvalue weighted by atomic mass is 10.2. The molecule has 0 saturated carbocycles. The number of alkyl halides is 3. The molecule has 1 heterocycles. The molecule has 178 valence electrons. The van der Waals surface area contributed by atoms with Gasteiger partial charge in [-0.2, -0.15) is 13.2 Å². The van der Waals surface area contributed by atoms with Gasteiger partial charge in [-0.25, -0.2) is 4.39 Å². The smallest absolute Gasteiger partial charge is 0.326 e. The first-order valence-electron chi connectivity index (χ1n) is 9.84. The summed E-state index contributed by atoms with van der Waals surface area (Å²) in [6.07, 6.45) is -3.08. The van der Waals surface area contributed by atoms with Gasteiger partial charge in [0.15, 0.2) is 5.16 Å². The number of hydrogen-bond donors (Lipinski definition) is 2. The third-order valence-corrected chi connectivity index (χ3v) is 5.32. The van der Waals surface area contributed by atoms with Gasteiger partial charge in [0.2, 0.25) is 11.8 Å². The number of aromatic nitrogens is 3. The summed E-state index contributed by atoms with van der Waals surface area (Å²) in [5.74, 6) is -1.19. The highest BCUT2D eigenvalue weighted by molar-refractivity contribution is 7.99. The van der Waals surface area contributed by atoms with E-state index in [0.29, 0.717) is 16.7 Å². The average Bonchev–Trinajstić information content (AvgIpc) is 3.15. The van der Waals surface area contributed by atoms with Crippen molar-refractivity contribution in [1.29, 1.82) is 0 Å². The van der Waals surface area contributed by atoms with Crippen LogP contribution in [0, 0.1) is 5.82 Å². The first-order chi connectivity index (χ1) is 16.2. The summed E-state index contributed by atoms with van der Waals surface area (Å²) >= 11 is 1.01. The molecule has 0 atom stereocenters. The molecule has 0 radical (unpaired) electrons. The molecule has 0 unspecified atom stereocenters. The van der Waals surface area contributed by atoms with Gasteiger partial charge in [-0.1, -0.05) is 23.9 Å². The Bertz CT molecular complexity index is 1180. The number of carbonyl (C=O) groups is 2. The predicted octanol–water partition coefficient (Wildman–Crippen LogP) is 4.53. The normalized spacial score (nSPS) is 11.2. The molecule has 3 rings (SSSR count). The van der Waals surface area contributed by atoms with E-state index in [9.17, 15) is 27.2 Å². The molecule has 0 bridgehead atoms. The molecule has 0 aliphatic rings. The summed E-state index contributed by atoms with van der Waals surface area (Å²) in [6.45, 7) is 3.93. The molecule has 0 saturated heterocycles. The van der Waals surface area contributed by atoms with Gasteiger partial charge < -0.3 is 15.2 Å². The second kappa shape index (κ2) is 11.0. The molecule has 0 aliphatic heterocycles. The Morgan fingerprint density at radius 1 is 1.03 bits per heavy atom. The number of anilines is 2. The predicted molar refractivity (Wildman–Crippen MR) is 120 cm³/mol. The molecule has 0 aliphatic carbocycles. The van der Waals surface area contributed by atoms with Crippen LogP contribution in [0.5, 0.6) is 0 Å². The molecule has 3 aromatic rings. The van der Waals surface area contributed by atoms with Crippen LogP contribution in [0.25, 0.3) is 0 Å². The van der Waals surface area contributed by atoms with Crippen molar-refractivity contribution in [3.63, 3.8) is 0 Å². The van der Waals surface area contributed by atoms with E-state index in [1.807, 2.05) is 0 Å². The van der Waals surface area contributed by atoms with Crippen LogP contribution < -0.4 is 10.6 Å². The second-order valence-corrected chi connectivity index (χ2v) is 7.89. The van der Waals surface area contributed by atoms with Crippen LogP contribution in [0.4, 0.5) is 28.9 Å². The maximum Gasteiger partial charge on any atom is 0.416 e. The van der Waals surface area contributed by atoms with E-state index < -0.39 is 29.4 Å². The molecule has 1 aromatic heterocycles. The molecule has 7 nitrogen and oxygen atoms in total. The zero-order valence-electron chi connectivity index (χ0n) is 17.6. The SMILES string of the molecule is C=CCn1c(CC(=O)Nc2ccc(F)cc2)nnc1SCC(=O)Nc1cccc(C(F)(F)F)c1. The molecule has 2 N–H and O–H groups in total. The van der Waals surface area contributed by atoms with Gasteiger partial charge >= 0.3 is 6.18 Å². The summed E-state index contributed by atoms with van der Waals surface area (Å²) in [7, 11) is 0. The highest BCUT2D eigenvalue weighted by atomic mass is 32.2. The van der Waals surface area contributed by atoms with E-state index in [1.54, 1.807) is 10.6 Å². The summed E-state index contributed by atoms with van der Waals surface area (Å²) < 4.78 is 53.1. The Labute approximate surface area is 196 Å². The van der Waals surface area contributed by atoms with Crippen molar-refractivity contribution in [3.05, 3.63) is 78.4 Å². The molecule has 2 aromatic carbocycles. The summed E-state index contributed by atoms with van der Waals surface area (Å²) in [5, 5.41) is 13.4. The Kier molecular flexibility index (Phi) is 8.05. The van der Waals surface area contributed by atoms with Crippen LogP contribution in [0.2, 0.25) is 0 Å². The van der Waals surface area contributed by atoms with E-state index >= 15 is 0 Å². The van der Waals surface area contributed by atoms with Gasteiger partial charge in [0.25, 0.3) is 0 Å². The Hall–Kier alpha value is -3.67. The van der Waals surface area contributed by atoms with Crippen LogP contribution in [0.3, 0.4) is 0 Å². The lowest BCUT2D eigenvalue weighted by Crippen LogP contribution is -2.18. The summed E-state index contributed by atoms with van der Waals surface area (Å²) in [5.41, 5.74) is -0.430. The molecule has 34 heavy (non-hydrogen) atoms. The Morgan fingerprint density at radius 2 is 1.74 bits per heavy atom. The van der Waals surface area contributed by atoms with Gasteiger partial charge in [0.05, 0.1) is 17.7 Å². The van der Waals surface area contributed by atoms with Crippen molar-refractivity contribution < 1.29 is 27.2 Å². The molecule has 0 fully saturated rings. The molecular weight excluding hydrogens is 474 g/mol. The minimum Gasteiger partial charge on any atom is -0.326 e. The minimum atomic E-state index is -4.52. The zero-order chi connectivity index (χ0) is 24.7. The maximum absolute atomic E-state index is 13.0. The van der Waals surface area contributed by atoms with Gasteiger partial charge in [0.1, 0.15) is 11.6 Å². The van der Waals surface area contributed by atoms with E-state index in [4.69, 9.17) is 0 Å². The van der Waals surface area contributed by atoms with Crippen molar-refractivity contribution in [3.8, 4) is 0 Å². The van der Waals surface area contributed by atoms with Gasteiger partial charge in [0, 0.05) is 17.9 Å². The number of thioether (sulfide) groups is 1. The van der Waals surface area contributed by atoms with E-state index in [1.165, 1.54) is 36.4 Å². The van der Waals surface area contributed by atoms with Gasteiger partial charge in [-0.15, -0.1) is 16.8 Å². The topological polar surface area (TPSA) is 88.9 Å².